The fourth-order valence-electron chi connectivity index (χ4n) is 3.01. The third-order valence-corrected chi connectivity index (χ3v) is 4.59. The number of nitrogens with zero attached hydrogens (tertiary/aromatic N) is 6. The average molecular weight is 393 g/mol. The van der Waals surface area contributed by atoms with Gasteiger partial charge in [0.15, 0.2) is 11.6 Å². The Morgan fingerprint density at radius 3 is 2.38 bits per heavy atom. The van der Waals surface area contributed by atoms with Gasteiger partial charge in [-0.25, -0.2) is 19.9 Å². The van der Waals surface area contributed by atoms with Gasteiger partial charge in [0.1, 0.15) is 11.6 Å². The van der Waals surface area contributed by atoms with Gasteiger partial charge >= 0.3 is 0 Å². The predicted octanol–water partition coefficient (Wildman–Crippen LogP) is 3.38. The summed E-state index contributed by atoms with van der Waals surface area (Å²) in [4.78, 5) is 22.4. The Balaban J connectivity index is 1.95. The second-order valence-electron chi connectivity index (χ2n) is 7.16. The van der Waals surface area contributed by atoms with Gasteiger partial charge in [0.2, 0.25) is 0 Å². The van der Waals surface area contributed by atoms with E-state index in [9.17, 15) is 5.11 Å². The van der Waals surface area contributed by atoms with Crippen molar-refractivity contribution in [1.29, 1.82) is 0 Å². The zero-order valence-corrected chi connectivity index (χ0v) is 17.5. The minimum Gasteiger partial charge on any atom is -0.390 e. The molecule has 0 aliphatic heterocycles. The molecule has 0 saturated heterocycles. The second kappa shape index (κ2) is 9.43. The fourth-order valence-corrected chi connectivity index (χ4v) is 3.01. The minimum absolute atomic E-state index is 0.130. The number of aromatic nitrogens is 4. The van der Waals surface area contributed by atoms with Gasteiger partial charge in [-0.1, -0.05) is 25.5 Å². The zero-order valence-electron chi connectivity index (χ0n) is 17.5. The summed E-state index contributed by atoms with van der Waals surface area (Å²) < 4.78 is 0. The lowest BCUT2D eigenvalue weighted by molar-refractivity contribution is 0.276. The number of anilines is 2. The number of hydrogen-bond acceptors (Lipinski definition) is 7. The largest absolute Gasteiger partial charge is 0.390 e. The molecule has 3 rings (SSSR count). The first-order chi connectivity index (χ1) is 14.0. The third-order valence-electron chi connectivity index (χ3n) is 4.59. The molecule has 2 aromatic heterocycles. The maximum absolute atomic E-state index is 9.58. The topological polar surface area (TPSA) is 78.3 Å². The maximum Gasteiger partial charge on any atom is 0.155 e. The summed E-state index contributed by atoms with van der Waals surface area (Å²) in [5.74, 6) is 2.77. The van der Waals surface area contributed by atoms with Crippen molar-refractivity contribution in [3.8, 4) is 0 Å². The Hall–Kier alpha value is -3.06. The van der Waals surface area contributed by atoms with Crippen LogP contribution in [0.2, 0.25) is 0 Å². The van der Waals surface area contributed by atoms with Crippen LogP contribution in [-0.2, 0) is 6.61 Å². The highest BCUT2D eigenvalue weighted by Crippen LogP contribution is 2.22. The second-order valence-corrected chi connectivity index (χ2v) is 7.16. The molecule has 0 fully saturated rings. The monoisotopic (exact) mass is 392 g/mol. The summed E-state index contributed by atoms with van der Waals surface area (Å²) in [5, 5.41) is 10.6. The first kappa shape index (κ1) is 20.7. The highest BCUT2D eigenvalue weighted by Gasteiger charge is 2.09. The van der Waals surface area contributed by atoms with Gasteiger partial charge in [-0.05, 0) is 30.7 Å². The molecule has 0 radical (unpaired) electrons. The van der Waals surface area contributed by atoms with Crippen LogP contribution in [0.3, 0.4) is 0 Å². The molecule has 3 aromatic rings. The van der Waals surface area contributed by atoms with Crippen molar-refractivity contribution >= 4 is 34.7 Å². The number of unbranched alkanes of at least 4 members (excludes halogenated alkanes) is 1. The van der Waals surface area contributed by atoms with E-state index >= 15 is 0 Å². The van der Waals surface area contributed by atoms with Crippen molar-refractivity contribution in [2.24, 2.45) is 0 Å². The molecule has 7 nitrogen and oxygen atoms in total. The number of aliphatic hydroxyl groups is 1. The van der Waals surface area contributed by atoms with E-state index in [-0.39, 0.29) is 6.61 Å². The van der Waals surface area contributed by atoms with Crippen molar-refractivity contribution in [2.75, 3.05) is 37.5 Å². The van der Waals surface area contributed by atoms with E-state index in [4.69, 9.17) is 0 Å². The first-order valence-corrected chi connectivity index (χ1v) is 9.84. The molecule has 0 aliphatic carbocycles. The van der Waals surface area contributed by atoms with Crippen LogP contribution in [0.4, 0.5) is 11.6 Å². The molecule has 0 aliphatic rings. The zero-order chi connectivity index (χ0) is 20.8. The van der Waals surface area contributed by atoms with E-state index in [1.807, 2.05) is 62.5 Å². The number of hydrogen-bond donors (Lipinski definition) is 1. The molecule has 0 spiro atoms. The Kier molecular flexibility index (Phi) is 6.72. The summed E-state index contributed by atoms with van der Waals surface area (Å²) in [6.07, 6.45) is 5.80. The lowest BCUT2D eigenvalue weighted by Gasteiger charge is -2.18. The Morgan fingerprint density at radius 1 is 0.966 bits per heavy atom. The lowest BCUT2D eigenvalue weighted by atomic mass is 10.2. The number of fused-ring (bicyclic) bond motifs is 1. The Bertz CT molecular complexity index is 1000. The smallest absolute Gasteiger partial charge is 0.155 e. The van der Waals surface area contributed by atoms with Gasteiger partial charge < -0.3 is 14.9 Å². The number of para-hydroxylation sites is 1. The highest BCUT2D eigenvalue weighted by molar-refractivity contribution is 5.90. The van der Waals surface area contributed by atoms with Crippen LogP contribution < -0.4 is 9.80 Å². The molecule has 0 amide bonds. The maximum atomic E-state index is 9.58. The van der Waals surface area contributed by atoms with Gasteiger partial charge in [-0.3, -0.25) is 0 Å². The van der Waals surface area contributed by atoms with E-state index in [1.165, 1.54) is 0 Å². The molecule has 29 heavy (non-hydrogen) atoms. The van der Waals surface area contributed by atoms with Crippen LogP contribution in [0.1, 0.15) is 37.1 Å². The summed E-state index contributed by atoms with van der Waals surface area (Å²) in [6, 6.07) is 9.77. The van der Waals surface area contributed by atoms with Gasteiger partial charge in [0.05, 0.1) is 17.8 Å². The van der Waals surface area contributed by atoms with E-state index in [2.05, 4.69) is 31.8 Å². The molecule has 7 heteroatoms. The van der Waals surface area contributed by atoms with Crippen LogP contribution >= 0.6 is 0 Å². The Labute approximate surface area is 171 Å². The molecule has 1 N–H and O–H groups in total. The summed E-state index contributed by atoms with van der Waals surface area (Å²) in [7, 11) is 5.94. The molecule has 0 unspecified atom stereocenters. The van der Waals surface area contributed by atoms with Gasteiger partial charge in [-0.2, -0.15) is 0 Å². The van der Waals surface area contributed by atoms with Crippen LogP contribution in [0, 0.1) is 0 Å². The summed E-state index contributed by atoms with van der Waals surface area (Å²) in [6.45, 7) is 2.93. The molecule has 1 aromatic carbocycles. The lowest BCUT2D eigenvalue weighted by Crippen LogP contribution is -2.20. The quantitative estimate of drug-likeness (QED) is 0.629. The standard InChI is InChI=1S/C22H28N6O/c1-5-6-13-28(4)21-14-16(15-29)23-19(25-21)11-12-20-24-18-10-8-7-9-17(18)22(26-20)27(2)3/h7-12,14,29H,5-6,13,15H2,1-4H3/b12-11+. The molecule has 0 saturated carbocycles. The molecule has 2 heterocycles. The molecule has 0 bridgehead atoms. The molecule has 0 atom stereocenters. The van der Waals surface area contributed by atoms with Crippen molar-refractivity contribution in [3.63, 3.8) is 0 Å². The van der Waals surface area contributed by atoms with E-state index in [0.717, 1.165) is 41.9 Å². The third kappa shape index (κ3) is 5.06. The van der Waals surface area contributed by atoms with E-state index < -0.39 is 0 Å². The molecular weight excluding hydrogens is 364 g/mol. The summed E-state index contributed by atoms with van der Waals surface area (Å²) in [5.41, 5.74) is 1.47. The normalized spacial score (nSPS) is 11.3. The van der Waals surface area contributed by atoms with Crippen molar-refractivity contribution < 1.29 is 5.11 Å². The minimum atomic E-state index is -0.130. The number of benzene rings is 1. The highest BCUT2D eigenvalue weighted by atomic mass is 16.3. The molecule has 152 valence electrons. The first-order valence-electron chi connectivity index (χ1n) is 9.84. The van der Waals surface area contributed by atoms with Crippen molar-refractivity contribution in [3.05, 3.63) is 47.7 Å². The SMILES string of the molecule is CCCCN(C)c1cc(CO)nc(/C=C/c2nc(N(C)C)c3ccccc3n2)n1. The van der Waals surface area contributed by atoms with Crippen LogP contribution in [0.25, 0.3) is 23.1 Å². The van der Waals surface area contributed by atoms with E-state index in [0.29, 0.717) is 17.3 Å². The van der Waals surface area contributed by atoms with Crippen LogP contribution in [0.15, 0.2) is 30.3 Å². The summed E-state index contributed by atoms with van der Waals surface area (Å²) >= 11 is 0. The van der Waals surface area contributed by atoms with Gasteiger partial charge in [-0.15, -0.1) is 0 Å². The fraction of sp³-hybridized carbons (Fsp3) is 0.364. The van der Waals surface area contributed by atoms with Crippen molar-refractivity contribution in [1.82, 2.24) is 19.9 Å². The van der Waals surface area contributed by atoms with Gasteiger partial charge in [0.25, 0.3) is 0 Å². The van der Waals surface area contributed by atoms with Crippen molar-refractivity contribution in [2.45, 2.75) is 26.4 Å². The predicted molar refractivity (Wildman–Crippen MR) is 119 cm³/mol. The number of aliphatic hydroxyl groups excluding tert-OH is 1. The van der Waals surface area contributed by atoms with E-state index in [1.54, 1.807) is 6.08 Å². The van der Waals surface area contributed by atoms with Gasteiger partial charge in [0, 0.05) is 39.1 Å². The molecular formula is C22H28N6O. The van der Waals surface area contributed by atoms with Crippen LogP contribution in [-0.4, -0.2) is 52.7 Å². The Morgan fingerprint density at radius 2 is 1.69 bits per heavy atom. The van der Waals surface area contributed by atoms with Crippen LogP contribution in [0.5, 0.6) is 0 Å². The average Bonchev–Trinajstić information content (AvgIpc) is 2.74. The number of rotatable bonds is 8.